The molecule has 3 aromatic rings. The number of aliphatic hydroxyl groups is 1. The Hall–Kier alpha value is -2.35. The topological polar surface area (TPSA) is 76.8 Å². The quantitative estimate of drug-likeness (QED) is 0.252. The Bertz CT molecular complexity index is 918. The third-order valence-corrected chi connectivity index (χ3v) is 5.65. The molecule has 2 N–H and O–H groups in total. The number of unbranched alkanes of at least 4 members (excludes halogenated alkanes) is 3. The van der Waals surface area contributed by atoms with Gasteiger partial charge in [-0.1, -0.05) is 35.5 Å². The van der Waals surface area contributed by atoms with Crippen LogP contribution in [-0.2, 0) is 6.42 Å². The van der Waals surface area contributed by atoms with Gasteiger partial charge in [-0.05, 0) is 84.8 Å². The minimum absolute atomic E-state index is 0.212. The third-order valence-electron chi connectivity index (χ3n) is 5.27. The summed E-state index contributed by atoms with van der Waals surface area (Å²) in [4.78, 5) is 0. The SMILES string of the molecule is C[C@H](Cc1ccc(OCCCCCCOc2ccccc2)cc1)NC[C@@H](O)c1cc(Br)no1. The first-order chi connectivity index (χ1) is 16.1. The maximum absolute atomic E-state index is 10.2. The summed E-state index contributed by atoms with van der Waals surface area (Å²) in [6, 6.07) is 20.1. The molecule has 1 aromatic heterocycles. The number of aliphatic hydroxyl groups excluding tert-OH is 1. The fourth-order valence-electron chi connectivity index (χ4n) is 3.44. The minimum Gasteiger partial charge on any atom is -0.494 e. The van der Waals surface area contributed by atoms with E-state index in [-0.39, 0.29) is 6.04 Å². The average Bonchev–Trinajstić information content (AvgIpc) is 3.27. The highest BCUT2D eigenvalue weighted by atomic mass is 79.9. The largest absolute Gasteiger partial charge is 0.494 e. The van der Waals surface area contributed by atoms with E-state index >= 15 is 0 Å². The van der Waals surface area contributed by atoms with Gasteiger partial charge in [0.1, 0.15) is 22.2 Å². The lowest BCUT2D eigenvalue weighted by molar-refractivity contribution is 0.134. The van der Waals surface area contributed by atoms with Crippen molar-refractivity contribution in [3.8, 4) is 11.5 Å². The van der Waals surface area contributed by atoms with Gasteiger partial charge in [0, 0.05) is 18.7 Å². The van der Waals surface area contributed by atoms with E-state index in [1.54, 1.807) is 6.07 Å². The molecule has 1 heterocycles. The molecule has 33 heavy (non-hydrogen) atoms. The summed E-state index contributed by atoms with van der Waals surface area (Å²) in [5.41, 5.74) is 1.22. The summed E-state index contributed by atoms with van der Waals surface area (Å²) in [7, 11) is 0. The van der Waals surface area contributed by atoms with Gasteiger partial charge in [-0.3, -0.25) is 0 Å². The Labute approximate surface area is 204 Å². The summed E-state index contributed by atoms with van der Waals surface area (Å²) in [5, 5.41) is 17.2. The van der Waals surface area contributed by atoms with Crippen LogP contribution in [0.1, 0.15) is 50.0 Å². The first-order valence-electron chi connectivity index (χ1n) is 11.5. The highest BCUT2D eigenvalue weighted by Crippen LogP contribution is 2.18. The standard InChI is InChI=1S/C26H33BrN2O4/c1-20(28-19-24(30)25-18-26(27)29-33-25)17-21-11-13-23(14-12-21)32-16-8-3-2-7-15-31-22-9-5-4-6-10-22/h4-6,9-14,18,20,24,28,30H,2-3,7-8,15-17,19H2,1H3/t20-,24-/m1/s1. The number of benzene rings is 2. The zero-order valence-electron chi connectivity index (χ0n) is 19.1. The predicted molar refractivity (Wildman–Crippen MR) is 133 cm³/mol. The van der Waals surface area contributed by atoms with Crippen molar-refractivity contribution in [2.75, 3.05) is 19.8 Å². The summed E-state index contributed by atoms with van der Waals surface area (Å²) >= 11 is 3.22. The Balaban J connectivity index is 1.23. The van der Waals surface area contributed by atoms with Crippen LogP contribution in [0.2, 0.25) is 0 Å². The fraction of sp³-hybridized carbons (Fsp3) is 0.423. The van der Waals surface area contributed by atoms with Gasteiger partial charge < -0.3 is 24.4 Å². The normalized spacial score (nSPS) is 12.9. The van der Waals surface area contributed by atoms with E-state index in [2.05, 4.69) is 45.5 Å². The van der Waals surface area contributed by atoms with E-state index in [0.717, 1.165) is 56.8 Å². The van der Waals surface area contributed by atoms with Crippen molar-refractivity contribution < 1.29 is 19.1 Å². The smallest absolute Gasteiger partial charge is 0.167 e. The Morgan fingerprint density at radius 3 is 2.18 bits per heavy atom. The molecule has 0 spiro atoms. The van der Waals surface area contributed by atoms with E-state index in [1.165, 1.54) is 5.56 Å². The van der Waals surface area contributed by atoms with Crippen LogP contribution in [0, 0.1) is 0 Å². The second kappa shape index (κ2) is 14.0. The first-order valence-corrected chi connectivity index (χ1v) is 12.3. The summed E-state index contributed by atoms with van der Waals surface area (Å²) in [6.07, 6.45) is 4.51. The number of ether oxygens (including phenoxy) is 2. The predicted octanol–water partition coefficient (Wildman–Crippen LogP) is 5.71. The second-order valence-corrected chi connectivity index (χ2v) is 8.96. The fourth-order valence-corrected chi connectivity index (χ4v) is 3.74. The highest BCUT2D eigenvalue weighted by Gasteiger charge is 2.14. The van der Waals surface area contributed by atoms with Crippen LogP contribution in [0.25, 0.3) is 0 Å². The molecule has 2 atom stereocenters. The number of para-hydroxylation sites is 1. The van der Waals surface area contributed by atoms with Crippen molar-refractivity contribution in [1.82, 2.24) is 10.5 Å². The second-order valence-electron chi connectivity index (χ2n) is 8.15. The van der Waals surface area contributed by atoms with Crippen molar-refractivity contribution >= 4 is 15.9 Å². The number of halogens is 1. The average molecular weight is 517 g/mol. The maximum atomic E-state index is 10.2. The monoisotopic (exact) mass is 516 g/mol. The summed E-state index contributed by atoms with van der Waals surface area (Å²) in [6.45, 7) is 3.99. The zero-order chi connectivity index (χ0) is 23.3. The van der Waals surface area contributed by atoms with Gasteiger partial charge in [-0.15, -0.1) is 0 Å². The first kappa shape index (κ1) is 25.3. The molecule has 3 rings (SSSR count). The Morgan fingerprint density at radius 2 is 1.58 bits per heavy atom. The lowest BCUT2D eigenvalue weighted by atomic mass is 10.1. The molecule has 2 aromatic carbocycles. The maximum Gasteiger partial charge on any atom is 0.167 e. The van der Waals surface area contributed by atoms with Gasteiger partial charge in [-0.2, -0.15) is 0 Å². The molecule has 6 nitrogen and oxygen atoms in total. The highest BCUT2D eigenvalue weighted by molar-refractivity contribution is 9.10. The number of nitrogens with zero attached hydrogens (tertiary/aromatic N) is 1. The molecule has 0 aliphatic rings. The van der Waals surface area contributed by atoms with Crippen molar-refractivity contribution in [2.24, 2.45) is 0 Å². The number of hydrogen-bond donors (Lipinski definition) is 2. The molecule has 0 bridgehead atoms. The molecule has 0 saturated heterocycles. The minimum atomic E-state index is -0.724. The molecule has 0 aliphatic heterocycles. The van der Waals surface area contributed by atoms with Crippen LogP contribution < -0.4 is 14.8 Å². The van der Waals surface area contributed by atoms with E-state index in [1.807, 2.05) is 42.5 Å². The van der Waals surface area contributed by atoms with E-state index in [0.29, 0.717) is 16.9 Å². The van der Waals surface area contributed by atoms with Crippen molar-refractivity contribution in [3.05, 3.63) is 76.6 Å². The van der Waals surface area contributed by atoms with Gasteiger partial charge in [-0.25, -0.2) is 0 Å². The summed E-state index contributed by atoms with van der Waals surface area (Å²) < 4.78 is 17.2. The van der Waals surface area contributed by atoms with E-state index in [9.17, 15) is 5.11 Å². The van der Waals surface area contributed by atoms with Crippen molar-refractivity contribution in [3.63, 3.8) is 0 Å². The summed E-state index contributed by atoms with van der Waals surface area (Å²) in [5.74, 6) is 2.29. The number of hydrogen-bond acceptors (Lipinski definition) is 6. The molecule has 0 radical (unpaired) electrons. The molecular formula is C26H33BrN2O4. The van der Waals surface area contributed by atoms with Crippen LogP contribution in [0.5, 0.6) is 11.5 Å². The van der Waals surface area contributed by atoms with E-state index < -0.39 is 6.10 Å². The molecule has 178 valence electrons. The van der Waals surface area contributed by atoms with Crippen molar-refractivity contribution in [1.29, 1.82) is 0 Å². The number of nitrogens with one attached hydrogen (secondary N) is 1. The number of rotatable bonds is 15. The third kappa shape index (κ3) is 9.58. The van der Waals surface area contributed by atoms with Crippen LogP contribution in [0.3, 0.4) is 0 Å². The molecule has 0 unspecified atom stereocenters. The molecular weight excluding hydrogens is 484 g/mol. The molecule has 0 aliphatic carbocycles. The van der Waals surface area contributed by atoms with Crippen LogP contribution >= 0.6 is 15.9 Å². The van der Waals surface area contributed by atoms with Crippen LogP contribution in [0.15, 0.2) is 69.8 Å². The molecule has 0 amide bonds. The van der Waals surface area contributed by atoms with E-state index in [4.69, 9.17) is 14.0 Å². The van der Waals surface area contributed by atoms with Gasteiger partial charge in [0.15, 0.2) is 5.76 Å². The van der Waals surface area contributed by atoms with Gasteiger partial charge in [0.25, 0.3) is 0 Å². The van der Waals surface area contributed by atoms with Gasteiger partial charge in [0.2, 0.25) is 0 Å². The molecule has 0 saturated carbocycles. The lowest BCUT2D eigenvalue weighted by Crippen LogP contribution is -2.31. The lowest BCUT2D eigenvalue weighted by Gasteiger charge is -2.16. The van der Waals surface area contributed by atoms with Crippen molar-refractivity contribution in [2.45, 2.75) is 51.2 Å². The molecule has 0 fully saturated rings. The zero-order valence-corrected chi connectivity index (χ0v) is 20.7. The Morgan fingerprint density at radius 1 is 0.939 bits per heavy atom. The Kier molecular flexibility index (Phi) is 10.7. The van der Waals surface area contributed by atoms with Gasteiger partial charge >= 0.3 is 0 Å². The molecule has 7 heteroatoms. The van der Waals surface area contributed by atoms with Gasteiger partial charge in [0.05, 0.1) is 13.2 Å². The van der Waals surface area contributed by atoms with Crippen LogP contribution in [0.4, 0.5) is 0 Å². The number of aromatic nitrogens is 1. The van der Waals surface area contributed by atoms with Crippen LogP contribution in [-0.4, -0.2) is 36.1 Å².